The SMILES string of the molecule is COc1ccc(N([C@@H](C)C(=O)N/N=C\c2cc(C)n(-c3ccccc3Br)c2C)S(C)(=O)=O)cc1. The van der Waals surface area contributed by atoms with Gasteiger partial charge in [-0.1, -0.05) is 12.1 Å². The number of benzene rings is 2. The molecule has 1 N–H and O–H groups in total. The van der Waals surface area contributed by atoms with Gasteiger partial charge in [-0.15, -0.1) is 0 Å². The van der Waals surface area contributed by atoms with E-state index < -0.39 is 22.0 Å². The fraction of sp³-hybridized carbons (Fsp3) is 0.250. The Kier molecular flexibility index (Phi) is 7.83. The number of ether oxygens (including phenoxy) is 1. The van der Waals surface area contributed by atoms with E-state index >= 15 is 0 Å². The lowest BCUT2D eigenvalue weighted by molar-refractivity contribution is -0.121. The maximum Gasteiger partial charge on any atom is 0.263 e. The van der Waals surface area contributed by atoms with Crippen molar-refractivity contribution in [3.63, 3.8) is 0 Å². The van der Waals surface area contributed by atoms with Crippen LogP contribution in [0.1, 0.15) is 23.9 Å². The van der Waals surface area contributed by atoms with Gasteiger partial charge in [-0.25, -0.2) is 13.8 Å². The Hall–Kier alpha value is -3.11. The van der Waals surface area contributed by atoms with E-state index in [0.29, 0.717) is 11.4 Å². The Morgan fingerprint density at radius 2 is 1.82 bits per heavy atom. The zero-order valence-electron chi connectivity index (χ0n) is 19.6. The molecule has 2 aromatic carbocycles. The van der Waals surface area contributed by atoms with Gasteiger partial charge in [0.1, 0.15) is 11.8 Å². The molecule has 8 nitrogen and oxygen atoms in total. The third-order valence-electron chi connectivity index (χ3n) is 5.36. The first-order valence-corrected chi connectivity index (χ1v) is 13.1. The number of methoxy groups -OCH3 is 1. The molecule has 10 heteroatoms. The maximum absolute atomic E-state index is 12.8. The van der Waals surface area contributed by atoms with Crippen molar-refractivity contribution in [3.05, 3.63) is 76.0 Å². The minimum Gasteiger partial charge on any atom is -0.497 e. The molecule has 1 amide bonds. The van der Waals surface area contributed by atoms with Gasteiger partial charge in [0.2, 0.25) is 10.0 Å². The van der Waals surface area contributed by atoms with Gasteiger partial charge < -0.3 is 9.30 Å². The van der Waals surface area contributed by atoms with Gasteiger partial charge in [-0.3, -0.25) is 9.10 Å². The molecule has 0 aliphatic heterocycles. The van der Waals surface area contributed by atoms with E-state index in [1.807, 2.05) is 44.2 Å². The normalized spacial score (nSPS) is 12.5. The van der Waals surface area contributed by atoms with Crippen LogP contribution < -0.4 is 14.5 Å². The van der Waals surface area contributed by atoms with Crippen molar-refractivity contribution in [3.8, 4) is 11.4 Å². The summed E-state index contributed by atoms with van der Waals surface area (Å²) >= 11 is 3.58. The average Bonchev–Trinajstić information content (AvgIpc) is 3.06. The van der Waals surface area contributed by atoms with Crippen molar-refractivity contribution >= 4 is 43.8 Å². The number of hydrogen-bond acceptors (Lipinski definition) is 5. The number of sulfonamides is 1. The fourth-order valence-corrected chi connectivity index (χ4v) is 5.36. The minimum absolute atomic E-state index is 0.354. The van der Waals surface area contributed by atoms with Crippen LogP contribution in [0.3, 0.4) is 0 Å². The number of nitrogens with one attached hydrogen (secondary N) is 1. The highest BCUT2D eigenvalue weighted by atomic mass is 79.9. The first kappa shape index (κ1) is 25.5. The molecule has 0 bridgehead atoms. The molecule has 0 aliphatic rings. The number of carbonyl (C=O) groups is 1. The summed E-state index contributed by atoms with van der Waals surface area (Å²) in [5, 5.41) is 4.09. The highest BCUT2D eigenvalue weighted by molar-refractivity contribution is 9.10. The van der Waals surface area contributed by atoms with E-state index in [4.69, 9.17) is 4.74 Å². The number of rotatable bonds is 8. The second kappa shape index (κ2) is 10.4. The van der Waals surface area contributed by atoms with Crippen molar-refractivity contribution in [2.24, 2.45) is 5.10 Å². The standard InChI is InChI=1S/C24H27BrN4O4S/c1-16-14-19(17(2)28(16)23-9-7-6-8-22(23)25)15-26-27-24(30)18(3)29(34(5,31)32)20-10-12-21(33-4)13-11-20/h6-15,18H,1-5H3,(H,27,30)/b26-15-/t18-/m0/s1. The van der Waals surface area contributed by atoms with Crippen LogP contribution in [-0.2, 0) is 14.8 Å². The Labute approximate surface area is 208 Å². The number of aromatic nitrogens is 1. The van der Waals surface area contributed by atoms with Gasteiger partial charge >= 0.3 is 0 Å². The van der Waals surface area contributed by atoms with E-state index in [-0.39, 0.29) is 0 Å². The molecule has 0 fully saturated rings. The van der Waals surface area contributed by atoms with Crippen LogP contribution >= 0.6 is 15.9 Å². The topological polar surface area (TPSA) is 93.0 Å². The van der Waals surface area contributed by atoms with Crippen LogP contribution in [-0.4, -0.2) is 44.5 Å². The molecule has 0 unspecified atom stereocenters. The molecule has 3 rings (SSSR count). The molecule has 0 saturated carbocycles. The van der Waals surface area contributed by atoms with Crippen LogP contribution in [0.5, 0.6) is 5.75 Å². The number of hydrazone groups is 1. The van der Waals surface area contributed by atoms with Crippen LogP contribution in [0.2, 0.25) is 0 Å². The molecular formula is C24H27BrN4O4S. The van der Waals surface area contributed by atoms with E-state index in [1.165, 1.54) is 14.0 Å². The van der Waals surface area contributed by atoms with Crippen LogP contribution in [0, 0.1) is 13.8 Å². The molecule has 1 heterocycles. The minimum atomic E-state index is -3.73. The molecule has 0 aliphatic carbocycles. The van der Waals surface area contributed by atoms with Gasteiger partial charge in [0.15, 0.2) is 0 Å². The number of para-hydroxylation sites is 1. The van der Waals surface area contributed by atoms with Crippen molar-refractivity contribution < 1.29 is 17.9 Å². The first-order valence-electron chi connectivity index (χ1n) is 10.4. The van der Waals surface area contributed by atoms with Crippen molar-refractivity contribution in [1.29, 1.82) is 0 Å². The summed E-state index contributed by atoms with van der Waals surface area (Å²) < 4.78 is 34.1. The van der Waals surface area contributed by atoms with E-state index in [2.05, 4.69) is 31.0 Å². The Morgan fingerprint density at radius 1 is 1.18 bits per heavy atom. The number of anilines is 1. The van der Waals surface area contributed by atoms with Crippen molar-refractivity contribution in [2.45, 2.75) is 26.8 Å². The fourth-order valence-electron chi connectivity index (χ4n) is 3.72. The van der Waals surface area contributed by atoms with E-state index in [0.717, 1.165) is 37.7 Å². The molecule has 0 saturated heterocycles. The summed E-state index contributed by atoms with van der Waals surface area (Å²) in [6.07, 6.45) is 2.61. The summed E-state index contributed by atoms with van der Waals surface area (Å²) in [5.74, 6) is 0.0242. The van der Waals surface area contributed by atoms with Crippen LogP contribution in [0.15, 0.2) is 64.2 Å². The zero-order chi connectivity index (χ0) is 25.0. The Morgan fingerprint density at radius 3 is 2.41 bits per heavy atom. The summed E-state index contributed by atoms with van der Waals surface area (Å²) in [4.78, 5) is 12.8. The number of aryl methyl sites for hydroxylation is 1. The lowest BCUT2D eigenvalue weighted by Crippen LogP contribution is -2.46. The molecule has 0 spiro atoms. The maximum atomic E-state index is 12.8. The molecular weight excluding hydrogens is 520 g/mol. The summed E-state index contributed by atoms with van der Waals surface area (Å²) in [6, 6.07) is 15.3. The van der Waals surface area contributed by atoms with Gasteiger partial charge in [0.05, 0.1) is 31.0 Å². The lowest BCUT2D eigenvalue weighted by atomic mass is 10.2. The van der Waals surface area contributed by atoms with Crippen LogP contribution in [0.25, 0.3) is 5.69 Å². The van der Waals surface area contributed by atoms with Gasteiger partial charge in [0.25, 0.3) is 5.91 Å². The Balaban J connectivity index is 1.79. The number of amides is 1. The third-order valence-corrected chi connectivity index (χ3v) is 7.27. The quantitative estimate of drug-likeness (QED) is 0.339. The number of nitrogens with zero attached hydrogens (tertiary/aromatic N) is 3. The predicted molar refractivity (Wildman–Crippen MR) is 138 cm³/mol. The average molecular weight is 547 g/mol. The predicted octanol–water partition coefficient (Wildman–Crippen LogP) is 4.17. The molecule has 34 heavy (non-hydrogen) atoms. The molecule has 1 atom stereocenters. The summed E-state index contributed by atoms with van der Waals surface area (Å²) in [6.45, 7) is 5.46. The molecule has 1 aromatic heterocycles. The smallest absolute Gasteiger partial charge is 0.263 e. The molecule has 3 aromatic rings. The largest absolute Gasteiger partial charge is 0.497 e. The number of halogens is 1. The van der Waals surface area contributed by atoms with Crippen molar-refractivity contribution in [1.82, 2.24) is 9.99 Å². The zero-order valence-corrected chi connectivity index (χ0v) is 22.0. The van der Waals surface area contributed by atoms with Gasteiger partial charge in [-0.05, 0) is 79.2 Å². The monoisotopic (exact) mass is 546 g/mol. The second-order valence-electron chi connectivity index (χ2n) is 7.78. The lowest BCUT2D eigenvalue weighted by Gasteiger charge is -2.27. The van der Waals surface area contributed by atoms with Crippen molar-refractivity contribution in [2.75, 3.05) is 17.7 Å². The first-order chi connectivity index (χ1) is 16.0. The number of hydrogen-bond donors (Lipinski definition) is 1. The highest BCUT2D eigenvalue weighted by Gasteiger charge is 2.29. The number of carbonyl (C=O) groups excluding carboxylic acids is 1. The summed E-state index contributed by atoms with van der Waals surface area (Å²) in [5.41, 5.74) is 6.60. The molecule has 0 radical (unpaired) electrons. The molecule has 180 valence electrons. The third kappa shape index (κ3) is 5.51. The van der Waals surface area contributed by atoms with E-state index in [9.17, 15) is 13.2 Å². The Bertz CT molecular complexity index is 1320. The van der Waals surface area contributed by atoms with E-state index in [1.54, 1.807) is 30.5 Å². The summed E-state index contributed by atoms with van der Waals surface area (Å²) in [7, 11) is -2.21. The van der Waals surface area contributed by atoms with Gasteiger partial charge in [-0.2, -0.15) is 5.10 Å². The second-order valence-corrected chi connectivity index (χ2v) is 10.5. The van der Waals surface area contributed by atoms with Gasteiger partial charge in [0, 0.05) is 21.4 Å². The van der Waals surface area contributed by atoms with Crippen LogP contribution in [0.4, 0.5) is 5.69 Å². The highest BCUT2D eigenvalue weighted by Crippen LogP contribution is 2.26.